The van der Waals surface area contributed by atoms with E-state index in [2.05, 4.69) is 17.2 Å². The summed E-state index contributed by atoms with van der Waals surface area (Å²) >= 11 is 5.91. The van der Waals surface area contributed by atoms with Crippen molar-refractivity contribution in [1.29, 1.82) is 0 Å². The van der Waals surface area contributed by atoms with E-state index < -0.39 is 0 Å². The number of nitrogens with zero attached hydrogens (tertiary/aromatic N) is 1. The molecule has 0 fully saturated rings. The molecule has 1 N–H and O–H groups in total. The summed E-state index contributed by atoms with van der Waals surface area (Å²) in [5, 5.41) is 3.23. The van der Waals surface area contributed by atoms with Crippen LogP contribution in [-0.4, -0.2) is 17.4 Å². The second-order valence-corrected chi connectivity index (χ2v) is 4.42. The van der Waals surface area contributed by atoms with Crippen molar-refractivity contribution in [2.75, 3.05) is 6.54 Å². The van der Waals surface area contributed by atoms with Crippen LogP contribution < -0.4 is 5.32 Å². The van der Waals surface area contributed by atoms with Crippen molar-refractivity contribution < 1.29 is 4.79 Å². The van der Waals surface area contributed by atoms with E-state index in [0.29, 0.717) is 17.3 Å². The van der Waals surface area contributed by atoms with Crippen LogP contribution >= 0.6 is 11.6 Å². The highest BCUT2D eigenvalue weighted by Crippen LogP contribution is 2.12. The molecular formula is C14H19ClN2O. The largest absolute Gasteiger partial charge is 0.352 e. The van der Waals surface area contributed by atoms with Gasteiger partial charge in [0, 0.05) is 17.8 Å². The normalized spacial score (nSPS) is 10.8. The minimum absolute atomic E-state index is 0.0962. The highest BCUT2D eigenvalue weighted by atomic mass is 35.5. The quantitative estimate of drug-likeness (QED) is 0.487. The Hall–Kier alpha value is -1.35. The third-order valence-corrected chi connectivity index (χ3v) is 2.64. The first kappa shape index (κ1) is 14.7. The Morgan fingerprint density at radius 3 is 2.94 bits per heavy atom. The molecule has 0 radical (unpaired) electrons. The van der Waals surface area contributed by atoms with E-state index in [-0.39, 0.29) is 5.91 Å². The van der Waals surface area contributed by atoms with E-state index in [0.717, 1.165) is 25.0 Å². The molecule has 0 saturated heterocycles. The predicted octanol–water partition coefficient (Wildman–Crippen LogP) is 3.38. The molecule has 3 nitrogen and oxygen atoms in total. The number of amides is 1. The molecule has 0 unspecified atom stereocenters. The number of nitrogens with one attached hydrogen (secondary N) is 1. The molecule has 0 spiro atoms. The molecule has 1 rings (SSSR count). The average Bonchev–Trinajstić information content (AvgIpc) is 2.34. The number of aromatic nitrogens is 1. The van der Waals surface area contributed by atoms with Crippen molar-refractivity contribution >= 4 is 17.5 Å². The molecule has 18 heavy (non-hydrogen) atoms. The van der Waals surface area contributed by atoms with Gasteiger partial charge < -0.3 is 5.32 Å². The van der Waals surface area contributed by atoms with Gasteiger partial charge in [-0.15, -0.1) is 0 Å². The Morgan fingerprint density at radius 2 is 2.28 bits per heavy atom. The smallest absolute Gasteiger partial charge is 0.251 e. The number of allylic oxidation sites excluding steroid dienone is 1. The third kappa shape index (κ3) is 4.88. The van der Waals surface area contributed by atoms with Crippen LogP contribution in [0.3, 0.4) is 0 Å². The lowest BCUT2D eigenvalue weighted by molar-refractivity contribution is 0.0954. The predicted molar refractivity (Wildman–Crippen MR) is 75.0 cm³/mol. The molecule has 1 heterocycles. The third-order valence-electron chi connectivity index (χ3n) is 2.45. The van der Waals surface area contributed by atoms with Crippen LogP contribution in [0, 0.1) is 0 Å². The summed E-state index contributed by atoms with van der Waals surface area (Å²) in [6, 6.07) is 3.41. The topological polar surface area (TPSA) is 42.0 Å². The lowest BCUT2D eigenvalue weighted by Crippen LogP contribution is -2.24. The van der Waals surface area contributed by atoms with Crippen molar-refractivity contribution in [3.05, 3.63) is 40.7 Å². The lowest BCUT2D eigenvalue weighted by Gasteiger charge is -2.06. The Kier molecular flexibility index (Phi) is 6.44. The molecular weight excluding hydrogens is 248 g/mol. The first-order chi connectivity index (χ1) is 8.67. The standard InChI is InChI=1S/C14H19ClN2O/c1-3-5-6-8-16-14(18)11-9-12(7-4-2)17-13(15)10-11/h3,5,9-10H,4,6-8H2,1-2H3,(H,16,18)/b5-3+. The molecule has 0 bridgehead atoms. The summed E-state index contributed by atoms with van der Waals surface area (Å²) in [6.07, 6.45) is 6.63. The maximum atomic E-state index is 11.9. The fourth-order valence-corrected chi connectivity index (χ4v) is 1.83. The molecule has 1 aromatic heterocycles. The molecule has 0 saturated carbocycles. The minimum atomic E-state index is -0.0962. The number of carbonyl (C=O) groups is 1. The SMILES string of the molecule is C/C=C/CCNC(=O)c1cc(Cl)nc(CCC)c1. The number of aryl methyl sites for hydroxylation is 1. The van der Waals surface area contributed by atoms with E-state index in [4.69, 9.17) is 11.6 Å². The number of halogens is 1. The Balaban J connectivity index is 2.66. The molecule has 1 aromatic rings. The first-order valence-corrected chi connectivity index (χ1v) is 6.61. The van der Waals surface area contributed by atoms with Crippen molar-refractivity contribution in [2.24, 2.45) is 0 Å². The van der Waals surface area contributed by atoms with Gasteiger partial charge in [0.25, 0.3) is 5.91 Å². The monoisotopic (exact) mass is 266 g/mol. The van der Waals surface area contributed by atoms with Gasteiger partial charge in [0.05, 0.1) is 0 Å². The molecule has 1 amide bonds. The maximum absolute atomic E-state index is 11.9. The summed E-state index contributed by atoms with van der Waals surface area (Å²) in [7, 11) is 0. The molecule has 0 aliphatic rings. The summed E-state index contributed by atoms with van der Waals surface area (Å²) < 4.78 is 0. The molecule has 0 aliphatic carbocycles. The number of hydrogen-bond acceptors (Lipinski definition) is 2. The van der Waals surface area contributed by atoms with Crippen molar-refractivity contribution in [3.8, 4) is 0 Å². The van der Waals surface area contributed by atoms with Crippen LogP contribution in [0.15, 0.2) is 24.3 Å². The Bertz CT molecular complexity index is 430. The van der Waals surface area contributed by atoms with Crippen LogP contribution in [0.2, 0.25) is 5.15 Å². The van der Waals surface area contributed by atoms with Gasteiger partial charge in [-0.2, -0.15) is 0 Å². The number of carbonyl (C=O) groups excluding carboxylic acids is 1. The van der Waals surface area contributed by atoms with Crippen LogP contribution in [0.25, 0.3) is 0 Å². The maximum Gasteiger partial charge on any atom is 0.251 e. The fraction of sp³-hybridized carbons (Fsp3) is 0.429. The number of rotatable bonds is 6. The van der Waals surface area contributed by atoms with Gasteiger partial charge in [0.2, 0.25) is 0 Å². The van der Waals surface area contributed by atoms with Gasteiger partial charge in [-0.3, -0.25) is 4.79 Å². The average molecular weight is 267 g/mol. The number of pyridine rings is 1. The molecule has 0 aliphatic heterocycles. The van der Waals surface area contributed by atoms with Crippen molar-refractivity contribution in [2.45, 2.75) is 33.1 Å². The van der Waals surface area contributed by atoms with Crippen molar-refractivity contribution in [3.63, 3.8) is 0 Å². The van der Waals surface area contributed by atoms with Gasteiger partial charge in [-0.05, 0) is 31.9 Å². The Morgan fingerprint density at radius 1 is 1.50 bits per heavy atom. The summed E-state index contributed by atoms with van der Waals surface area (Å²) in [5.41, 5.74) is 1.45. The van der Waals surface area contributed by atoms with Crippen LogP contribution in [0.5, 0.6) is 0 Å². The first-order valence-electron chi connectivity index (χ1n) is 6.23. The van der Waals surface area contributed by atoms with E-state index in [1.807, 2.05) is 19.1 Å². The van der Waals surface area contributed by atoms with Crippen LogP contribution in [0.4, 0.5) is 0 Å². The van der Waals surface area contributed by atoms with Crippen molar-refractivity contribution in [1.82, 2.24) is 10.3 Å². The van der Waals surface area contributed by atoms with Gasteiger partial charge in [0.15, 0.2) is 0 Å². The lowest BCUT2D eigenvalue weighted by atomic mass is 10.1. The van der Waals surface area contributed by atoms with E-state index in [1.54, 1.807) is 12.1 Å². The zero-order chi connectivity index (χ0) is 13.4. The molecule has 0 atom stereocenters. The van der Waals surface area contributed by atoms with Gasteiger partial charge in [-0.25, -0.2) is 4.98 Å². The van der Waals surface area contributed by atoms with Crippen LogP contribution in [-0.2, 0) is 6.42 Å². The van der Waals surface area contributed by atoms with E-state index in [9.17, 15) is 4.79 Å². The summed E-state index contributed by atoms with van der Waals surface area (Å²) in [4.78, 5) is 16.1. The van der Waals surface area contributed by atoms with Gasteiger partial charge >= 0.3 is 0 Å². The van der Waals surface area contributed by atoms with E-state index >= 15 is 0 Å². The second kappa shape index (κ2) is 7.88. The molecule has 0 aromatic carbocycles. The Labute approximate surface area is 113 Å². The summed E-state index contributed by atoms with van der Waals surface area (Å²) in [6.45, 7) is 4.66. The zero-order valence-corrected chi connectivity index (χ0v) is 11.6. The second-order valence-electron chi connectivity index (χ2n) is 4.03. The van der Waals surface area contributed by atoms with Gasteiger partial charge in [-0.1, -0.05) is 37.1 Å². The van der Waals surface area contributed by atoms with E-state index in [1.165, 1.54) is 0 Å². The minimum Gasteiger partial charge on any atom is -0.352 e. The fourth-order valence-electron chi connectivity index (χ4n) is 1.60. The number of hydrogen-bond donors (Lipinski definition) is 1. The highest BCUT2D eigenvalue weighted by molar-refractivity contribution is 6.29. The highest BCUT2D eigenvalue weighted by Gasteiger charge is 2.08. The van der Waals surface area contributed by atoms with Crippen LogP contribution in [0.1, 0.15) is 42.7 Å². The molecule has 4 heteroatoms. The zero-order valence-electron chi connectivity index (χ0n) is 10.9. The summed E-state index contributed by atoms with van der Waals surface area (Å²) in [5.74, 6) is -0.0962. The van der Waals surface area contributed by atoms with Gasteiger partial charge in [0.1, 0.15) is 5.15 Å². The molecule has 98 valence electrons.